The molecule has 76 valence electrons. The van der Waals surface area contributed by atoms with E-state index in [1.165, 1.54) is 0 Å². The van der Waals surface area contributed by atoms with E-state index in [0.717, 1.165) is 36.2 Å². The number of carbonyl (C=O) groups is 1. The first-order chi connectivity index (χ1) is 7.36. The minimum Gasteiger partial charge on any atom is -0.364 e. The number of hydrogen-bond donors (Lipinski definition) is 0. The number of nitrogens with zero attached hydrogens (tertiary/aromatic N) is 1. The lowest BCUT2D eigenvalue weighted by molar-refractivity contribution is 0.112. The molecule has 0 saturated carbocycles. The van der Waals surface area contributed by atoms with Crippen molar-refractivity contribution in [3.63, 3.8) is 0 Å². The predicted molar refractivity (Wildman–Crippen MR) is 63.3 cm³/mol. The molecule has 0 unspecified atom stereocenters. The molecule has 0 bridgehead atoms. The lowest BCUT2D eigenvalue weighted by Gasteiger charge is -2.27. The molecule has 0 amide bonds. The van der Waals surface area contributed by atoms with Gasteiger partial charge >= 0.3 is 0 Å². The molecule has 15 heavy (non-hydrogen) atoms. The van der Waals surface area contributed by atoms with Crippen LogP contribution in [0.25, 0.3) is 6.08 Å². The van der Waals surface area contributed by atoms with Crippen molar-refractivity contribution in [2.75, 3.05) is 18.0 Å². The average molecular weight is 199 g/mol. The Balaban J connectivity index is 2.49. The highest BCUT2D eigenvalue weighted by molar-refractivity contribution is 5.88. The maximum Gasteiger partial charge on any atom is 0.150 e. The van der Waals surface area contributed by atoms with Gasteiger partial charge in [-0.3, -0.25) is 4.79 Å². The quantitative estimate of drug-likeness (QED) is 0.550. The van der Waals surface area contributed by atoms with E-state index in [1.54, 1.807) is 0 Å². The van der Waals surface area contributed by atoms with Crippen LogP contribution >= 0.6 is 0 Å². The summed E-state index contributed by atoms with van der Waals surface area (Å²) in [5, 5.41) is 0. The molecule has 1 aliphatic heterocycles. The minimum absolute atomic E-state index is 0.748. The van der Waals surface area contributed by atoms with E-state index in [4.69, 9.17) is 0 Å². The maximum absolute atomic E-state index is 10.9. The van der Waals surface area contributed by atoms with Crippen molar-refractivity contribution in [2.45, 2.75) is 0 Å². The van der Waals surface area contributed by atoms with Crippen LogP contribution in [0.15, 0.2) is 36.9 Å². The third-order valence-corrected chi connectivity index (χ3v) is 2.54. The zero-order valence-corrected chi connectivity index (χ0v) is 8.52. The van der Waals surface area contributed by atoms with Crippen molar-refractivity contribution >= 4 is 18.0 Å². The SMILES string of the molecule is C=CCN1CC=Cc2c(C=O)cccc21. The first-order valence-electron chi connectivity index (χ1n) is 4.97. The first-order valence-corrected chi connectivity index (χ1v) is 4.97. The Kier molecular flexibility index (Phi) is 2.68. The molecule has 0 atom stereocenters. The lowest BCUT2D eigenvalue weighted by atomic mass is 10.0. The second kappa shape index (κ2) is 4.13. The fourth-order valence-corrected chi connectivity index (χ4v) is 1.86. The maximum atomic E-state index is 10.9. The van der Waals surface area contributed by atoms with Crippen molar-refractivity contribution in [1.29, 1.82) is 0 Å². The molecular formula is C13H13NO. The van der Waals surface area contributed by atoms with E-state index >= 15 is 0 Å². The molecule has 1 aliphatic rings. The van der Waals surface area contributed by atoms with Crippen molar-refractivity contribution in [2.24, 2.45) is 0 Å². The molecular weight excluding hydrogens is 186 g/mol. The van der Waals surface area contributed by atoms with Crippen LogP contribution in [0.1, 0.15) is 15.9 Å². The van der Waals surface area contributed by atoms with Crippen LogP contribution < -0.4 is 4.90 Å². The number of rotatable bonds is 3. The molecule has 0 saturated heterocycles. The molecule has 1 aromatic carbocycles. The third kappa shape index (κ3) is 1.71. The van der Waals surface area contributed by atoms with Gasteiger partial charge in [0.1, 0.15) is 0 Å². The number of aldehydes is 1. The zero-order valence-electron chi connectivity index (χ0n) is 8.52. The number of anilines is 1. The van der Waals surface area contributed by atoms with Crippen molar-refractivity contribution in [1.82, 2.24) is 0 Å². The van der Waals surface area contributed by atoms with Crippen LogP contribution in [0.2, 0.25) is 0 Å². The Morgan fingerprint density at radius 2 is 2.33 bits per heavy atom. The number of benzene rings is 1. The van der Waals surface area contributed by atoms with Crippen molar-refractivity contribution in [3.05, 3.63) is 48.1 Å². The predicted octanol–water partition coefficient (Wildman–Crippen LogP) is 2.52. The summed E-state index contributed by atoms with van der Waals surface area (Å²) in [6.45, 7) is 5.42. The van der Waals surface area contributed by atoms with Gasteiger partial charge in [-0.2, -0.15) is 0 Å². The van der Waals surface area contributed by atoms with Crippen LogP contribution in [0.4, 0.5) is 5.69 Å². The summed E-state index contributed by atoms with van der Waals surface area (Å²) in [7, 11) is 0. The fraction of sp³-hybridized carbons (Fsp3) is 0.154. The Bertz CT molecular complexity index is 421. The zero-order chi connectivity index (χ0) is 10.7. The van der Waals surface area contributed by atoms with Crippen LogP contribution in [-0.2, 0) is 0 Å². The van der Waals surface area contributed by atoms with E-state index in [-0.39, 0.29) is 0 Å². The Morgan fingerprint density at radius 1 is 1.47 bits per heavy atom. The van der Waals surface area contributed by atoms with Gasteiger partial charge in [0.05, 0.1) is 0 Å². The second-order valence-corrected chi connectivity index (χ2v) is 3.49. The number of carbonyl (C=O) groups excluding carboxylic acids is 1. The van der Waals surface area contributed by atoms with Crippen molar-refractivity contribution < 1.29 is 4.79 Å². The highest BCUT2D eigenvalue weighted by atomic mass is 16.1. The molecule has 2 nitrogen and oxygen atoms in total. The smallest absolute Gasteiger partial charge is 0.150 e. The van der Waals surface area contributed by atoms with E-state index in [9.17, 15) is 4.79 Å². The van der Waals surface area contributed by atoms with Crippen LogP contribution in [0.5, 0.6) is 0 Å². The average Bonchev–Trinajstić information content (AvgIpc) is 2.29. The number of fused-ring (bicyclic) bond motifs is 1. The summed E-state index contributed by atoms with van der Waals surface area (Å²) in [6, 6.07) is 5.79. The Labute approximate surface area is 89.5 Å². The Hall–Kier alpha value is -1.83. The molecule has 0 radical (unpaired) electrons. The third-order valence-electron chi connectivity index (χ3n) is 2.54. The van der Waals surface area contributed by atoms with Gasteiger partial charge in [-0.15, -0.1) is 6.58 Å². The second-order valence-electron chi connectivity index (χ2n) is 3.49. The van der Waals surface area contributed by atoms with Crippen LogP contribution in [-0.4, -0.2) is 19.4 Å². The van der Waals surface area contributed by atoms with Gasteiger partial charge in [0.2, 0.25) is 0 Å². The van der Waals surface area contributed by atoms with E-state index in [2.05, 4.69) is 17.6 Å². The standard InChI is InChI=1S/C13H13NO/c1-2-8-14-9-4-6-12-11(10-15)5-3-7-13(12)14/h2-7,10H,1,8-9H2. The van der Waals surface area contributed by atoms with E-state index < -0.39 is 0 Å². The monoisotopic (exact) mass is 199 g/mol. The van der Waals surface area contributed by atoms with Crippen LogP contribution in [0, 0.1) is 0 Å². The molecule has 1 aromatic rings. The summed E-state index contributed by atoms with van der Waals surface area (Å²) in [4.78, 5) is 13.1. The highest BCUT2D eigenvalue weighted by Crippen LogP contribution is 2.27. The fourth-order valence-electron chi connectivity index (χ4n) is 1.86. The summed E-state index contributed by atoms with van der Waals surface area (Å²) in [5.74, 6) is 0. The van der Waals surface area contributed by atoms with Gasteiger partial charge < -0.3 is 4.90 Å². The minimum atomic E-state index is 0.748. The van der Waals surface area contributed by atoms with Gasteiger partial charge in [-0.25, -0.2) is 0 Å². The normalized spacial score (nSPS) is 13.5. The van der Waals surface area contributed by atoms with Gasteiger partial charge in [0, 0.05) is 29.9 Å². The molecule has 1 heterocycles. The summed E-state index contributed by atoms with van der Waals surface area (Å²) in [6.07, 6.45) is 6.86. The molecule has 0 N–H and O–H groups in total. The highest BCUT2D eigenvalue weighted by Gasteiger charge is 2.13. The van der Waals surface area contributed by atoms with Gasteiger partial charge in [0.15, 0.2) is 6.29 Å². The van der Waals surface area contributed by atoms with E-state index in [0.29, 0.717) is 0 Å². The van der Waals surface area contributed by atoms with E-state index in [1.807, 2.05) is 30.4 Å². The van der Waals surface area contributed by atoms with Gasteiger partial charge in [0.25, 0.3) is 0 Å². The largest absolute Gasteiger partial charge is 0.364 e. The number of hydrogen-bond acceptors (Lipinski definition) is 2. The lowest BCUT2D eigenvalue weighted by Crippen LogP contribution is -2.26. The van der Waals surface area contributed by atoms with Gasteiger partial charge in [-0.1, -0.05) is 30.4 Å². The molecule has 0 fully saturated rings. The first kappa shape index (κ1) is 9.71. The molecule has 0 spiro atoms. The summed E-state index contributed by atoms with van der Waals surface area (Å²) >= 11 is 0. The van der Waals surface area contributed by atoms with Crippen LogP contribution in [0.3, 0.4) is 0 Å². The summed E-state index contributed by atoms with van der Waals surface area (Å²) in [5.41, 5.74) is 2.88. The molecule has 2 rings (SSSR count). The molecule has 2 heteroatoms. The van der Waals surface area contributed by atoms with Crippen molar-refractivity contribution in [3.8, 4) is 0 Å². The topological polar surface area (TPSA) is 20.3 Å². The molecule has 0 aliphatic carbocycles. The Morgan fingerprint density at radius 3 is 3.07 bits per heavy atom. The summed E-state index contributed by atoms with van der Waals surface area (Å²) < 4.78 is 0. The van der Waals surface area contributed by atoms with Gasteiger partial charge in [-0.05, 0) is 6.07 Å². The molecule has 0 aromatic heterocycles.